The van der Waals surface area contributed by atoms with E-state index in [1.165, 1.54) is 6.42 Å². The van der Waals surface area contributed by atoms with E-state index in [2.05, 4.69) is 6.92 Å². The Labute approximate surface area is 119 Å². The zero-order chi connectivity index (χ0) is 14.3. The van der Waals surface area contributed by atoms with E-state index in [0.29, 0.717) is 17.0 Å². The van der Waals surface area contributed by atoms with Crippen molar-refractivity contribution in [3.05, 3.63) is 34.9 Å². The Morgan fingerprint density at radius 2 is 1.89 bits per heavy atom. The van der Waals surface area contributed by atoms with Crippen LogP contribution in [-0.4, -0.2) is 11.0 Å². The average Bonchev–Trinajstić information content (AvgIpc) is 2.38. The number of carbonyl (C=O) groups excluding carboxylic acids is 1. The van der Waals surface area contributed by atoms with Crippen LogP contribution in [0.2, 0.25) is 5.02 Å². The molecule has 0 radical (unpaired) electrons. The molecule has 0 aromatic heterocycles. The molecule has 1 aromatic rings. The molecular weight excluding hydrogens is 262 g/mol. The topological polar surface area (TPSA) is 63.3 Å². The third kappa shape index (κ3) is 4.22. The SMILES string of the molecule is CCCCCCCC(O)(C(N)=O)c1ccccc1Cl. The maximum absolute atomic E-state index is 11.6. The van der Waals surface area contributed by atoms with Gasteiger partial charge in [0.05, 0.1) is 0 Å². The van der Waals surface area contributed by atoms with Crippen LogP contribution in [0.5, 0.6) is 0 Å². The van der Waals surface area contributed by atoms with E-state index < -0.39 is 11.5 Å². The monoisotopic (exact) mass is 283 g/mol. The Morgan fingerprint density at radius 1 is 1.26 bits per heavy atom. The fourth-order valence-electron chi connectivity index (χ4n) is 2.17. The Morgan fingerprint density at radius 3 is 2.47 bits per heavy atom. The minimum Gasteiger partial charge on any atom is -0.375 e. The smallest absolute Gasteiger partial charge is 0.254 e. The average molecular weight is 284 g/mol. The van der Waals surface area contributed by atoms with Gasteiger partial charge >= 0.3 is 0 Å². The number of primary amides is 1. The summed E-state index contributed by atoms with van der Waals surface area (Å²) in [4.78, 5) is 11.6. The first-order valence-corrected chi connectivity index (χ1v) is 7.17. The number of nitrogens with two attached hydrogens (primary N) is 1. The minimum absolute atomic E-state index is 0.315. The summed E-state index contributed by atoms with van der Waals surface area (Å²) >= 11 is 6.05. The van der Waals surface area contributed by atoms with E-state index >= 15 is 0 Å². The molecule has 1 unspecified atom stereocenters. The molecule has 1 amide bonds. The number of rotatable bonds is 8. The third-order valence-electron chi connectivity index (χ3n) is 3.37. The second-order valence-corrected chi connectivity index (χ2v) is 5.28. The van der Waals surface area contributed by atoms with E-state index in [4.69, 9.17) is 17.3 Å². The molecule has 0 aliphatic heterocycles. The lowest BCUT2D eigenvalue weighted by Crippen LogP contribution is -2.41. The molecule has 0 heterocycles. The maximum atomic E-state index is 11.6. The molecule has 19 heavy (non-hydrogen) atoms. The quantitative estimate of drug-likeness (QED) is 0.719. The van der Waals surface area contributed by atoms with Crippen molar-refractivity contribution in [3.8, 4) is 0 Å². The second-order valence-electron chi connectivity index (χ2n) is 4.87. The predicted octanol–water partition coefficient (Wildman–Crippen LogP) is 3.37. The molecule has 0 spiro atoms. The number of hydrogen-bond donors (Lipinski definition) is 2. The van der Waals surface area contributed by atoms with Gasteiger partial charge in [-0.25, -0.2) is 0 Å². The van der Waals surface area contributed by atoms with Gasteiger partial charge < -0.3 is 10.8 Å². The first-order chi connectivity index (χ1) is 9.02. The van der Waals surface area contributed by atoms with Gasteiger partial charge in [0.2, 0.25) is 0 Å². The Hall–Kier alpha value is -1.06. The lowest BCUT2D eigenvalue weighted by molar-refractivity contribution is -0.138. The standard InChI is InChI=1S/C15H22ClNO2/c1-2-3-4-5-8-11-15(19,14(17)18)12-9-6-7-10-13(12)16/h6-7,9-10,19H,2-5,8,11H2,1H3,(H2,17,18). The van der Waals surface area contributed by atoms with Crippen molar-refractivity contribution in [2.24, 2.45) is 5.73 Å². The maximum Gasteiger partial charge on any atom is 0.254 e. The summed E-state index contributed by atoms with van der Waals surface area (Å²) in [5.74, 6) is -0.740. The van der Waals surface area contributed by atoms with Gasteiger partial charge in [0, 0.05) is 10.6 Å². The number of aliphatic hydroxyl groups is 1. The Kier molecular flexibility index (Phi) is 6.32. The van der Waals surface area contributed by atoms with E-state index in [9.17, 15) is 9.90 Å². The van der Waals surface area contributed by atoms with E-state index in [1.54, 1.807) is 24.3 Å². The van der Waals surface area contributed by atoms with Crippen LogP contribution in [0, 0.1) is 0 Å². The van der Waals surface area contributed by atoms with Gasteiger partial charge in [0.15, 0.2) is 5.60 Å². The fourth-order valence-corrected chi connectivity index (χ4v) is 2.46. The van der Waals surface area contributed by atoms with Crippen LogP contribution >= 0.6 is 11.6 Å². The molecule has 1 atom stereocenters. The van der Waals surface area contributed by atoms with Gasteiger partial charge in [-0.15, -0.1) is 0 Å². The number of benzene rings is 1. The van der Waals surface area contributed by atoms with Gasteiger partial charge in [0.1, 0.15) is 0 Å². The van der Waals surface area contributed by atoms with Crippen LogP contribution in [0.4, 0.5) is 0 Å². The van der Waals surface area contributed by atoms with Crippen LogP contribution in [0.15, 0.2) is 24.3 Å². The zero-order valence-electron chi connectivity index (χ0n) is 11.4. The Balaban J connectivity index is 2.75. The number of amides is 1. The third-order valence-corrected chi connectivity index (χ3v) is 3.70. The van der Waals surface area contributed by atoms with Crippen molar-refractivity contribution in [2.75, 3.05) is 0 Å². The zero-order valence-corrected chi connectivity index (χ0v) is 12.1. The van der Waals surface area contributed by atoms with Crippen molar-refractivity contribution < 1.29 is 9.90 Å². The lowest BCUT2D eigenvalue weighted by atomic mass is 9.87. The molecule has 3 nitrogen and oxygen atoms in total. The van der Waals surface area contributed by atoms with Crippen molar-refractivity contribution >= 4 is 17.5 Å². The fraction of sp³-hybridized carbons (Fsp3) is 0.533. The van der Waals surface area contributed by atoms with Crippen LogP contribution in [0.3, 0.4) is 0 Å². The molecular formula is C15H22ClNO2. The molecule has 1 aromatic carbocycles. The summed E-state index contributed by atoms with van der Waals surface area (Å²) in [5, 5.41) is 10.9. The Bertz CT molecular complexity index is 422. The predicted molar refractivity (Wildman–Crippen MR) is 77.9 cm³/mol. The summed E-state index contributed by atoms with van der Waals surface area (Å²) < 4.78 is 0. The lowest BCUT2D eigenvalue weighted by Gasteiger charge is -2.26. The van der Waals surface area contributed by atoms with Crippen LogP contribution in [-0.2, 0) is 10.4 Å². The first-order valence-electron chi connectivity index (χ1n) is 6.79. The van der Waals surface area contributed by atoms with Crippen molar-refractivity contribution in [1.29, 1.82) is 0 Å². The highest BCUT2D eigenvalue weighted by molar-refractivity contribution is 6.31. The minimum atomic E-state index is -1.66. The molecule has 0 aliphatic rings. The van der Waals surface area contributed by atoms with Crippen molar-refractivity contribution in [3.63, 3.8) is 0 Å². The molecule has 0 bridgehead atoms. The van der Waals surface area contributed by atoms with Gasteiger partial charge in [0.25, 0.3) is 5.91 Å². The van der Waals surface area contributed by atoms with Crippen LogP contribution in [0.25, 0.3) is 0 Å². The molecule has 0 fully saturated rings. The highest BCUT2D eigenvalue weighted by atomic mass is 35.5. The normalized spacial score (nSPS) is 14.1. The highest BCUT2D eigenvalue weighted by Crippen LogP contribution is 2.32. The highest BCUT2D eigenvalue weighted by Gasteiger charge is 2.36. The summed E-state index contributed by atoms with van der Waals surface area (Å²) in [6.45, 7) is 2.14. The van der Waals surface area contributed by atoms with Crippen molar-refractivity contribution in [1.82, 2.24) is 0 Å². The van der Waals surface area contributed by atoms with Gasteiger partial charge in [-0.3, -0.25) is 4.79 Å². The molecule has 0 saturated heterocycles. The van der Waals surface area contributed by atoms with Gasteiger partial charge in [-0.1, -0.05) is 62.4 Å². The molecule has 0 saturated carbocycles. The number of halogens is 1. The number of hydrogen-bond acceptors (Lipinski definition) is 2. The van der Waals surface area contributed by atoms with E-state index in [-0.39, 0.29) is 0 Å². The van der Waals surface area contributed by atoms with Gasteiger partial charge in [-0.05, 0) is 18.9 Å². The number of unbranched alkanes of at least 4 members (excludes halogenated alkanes) is 4. The summed E-state index contributed by atoms with van der Waals surface area (Å²) in [5.41, 5.74) is 4.11. The van der Waals surface area contributed by atoms with Gasteiger partial charge in [-0.2, -0.15) is 0 Å². The first kappa shape index (κ1) is 16.0. The summed E-state index contributed by atoms with van der Waals surface area (Å²) in [7, 11) is 0. The molecule has 1 rings (SSSR count). The van der Waals surface area contributed by atoms with E-state index in [0.717, 1.165) is 25.7 Å². The van der Waals surface area contributed by atoms with Crippen LogP contribution in [0.1, 0.15) is 51.0 Å². The van der Waals surface area contributed by atoms with Crippen molar-refractivity contribution in [2.45, 2.75) is 51.0 Å². The van der Waals surface area contributed by atoms with E-state index in [1.807, 2.05) is 0 Å². The molecule has 0 aliphatic carbocycles. The molecule has 4 heteroatoms. The largest absolute Gasteiger partial charge is 0.375 e. The van der Waals surface area contributed by atoms with Crippen LogP contribution < -0.4 is 5.73 Å². The summed E-state index contributed by atoms with van der Waals surface area (Å²) in [6.07, 6.45) is 5.48. The number of carbonyl (C=O) groups is 1. The summed E-state index contributed by atoms with van der Waals surface area (Å²) in [6, 6.07) is 6.81. The molecule has 106 valence electrons. The molecule has 3 N–H and O–H groups in total. The second kappa shape index (κ2) is 7.51.